The van der Waals surface area contributed by atoms with Crippen molar-refractivity contribution in [1.82, 2.24) is 15.1 Å². The molecular weight excluding hydrogens is 455 g/mol. The highest BCUT2D eigenvalue weighted by molar-refractivity contribution is 6.00. The SMILES string of the molecule is CCC(=O)N1CCN(CCCCC2(C(=O)NCC(F)(F)F)c3ccccc3-c3ccccc32)CC1. The number of unbranched alkanes of at least 4 members (excludes halogenated alkanes) is 1. The Morgan fingerprint density at radius 3 is 2.03 bits per heavy atom. The van der Waals surface area contributed by atoms with Crippen LogP contribution in [0.1, 0.15) is 43.7 Å². The van der Waals surface area contributed by atoms with Crippen molar-refractivity contribution in [2.24, 2.45) is 0 Å². The molecule has 2 aromatic rings. The van der Waals surface area contributed by atoms with E-state index in [2.05, 4.69) is 10.2 Å². The molecule has 1 saturated heterocycles. The van der Waals surface area contributed by atoms with E-state index < -0.39 is 24.0 Å². The Balaban J connectivity index is 1.49. The lowest BCUT2D eigenvalue weighted by molar-refractivity contribution is -0.141. The van der Waals surface area contributed by atoms with Gasteiger partial charge in [0.2, 0.25) is 11.8 Å². The van der Waals surface area contributed by atoms with Crippen molar-refractivity contribution in [3.05, 3.63) is 59.7 Å². The number of benzene rings is 2. The van der Waals surface area contributed by atoms with Crippen LogP contribution in [0.2, 0.25) is 0 Å². The van der Waals surface area contributed by atoms with Gasteiger partial charge >= 0.3 is 6.18 Å². The first kappa shape index (κ1) is 25.2. The van der Waals surface area contributed by atoms with Gasteiger partial charge in [0.25, 0.3) is 0 Å². The first-order chi connectivity index (χ1) is 16.8. The van der Waals surface area contributed by atoms with Gasteiger partial charge in [-0.3, -0.25) is 14.5 Å². The van der Waals surface area contributed by atoms with Crippen molar-refractivity contribution in [2.45, 2.75) is 44.2 Å². The Bertz CT molecular complexity index is 1020. The summed E-state index contributed by atoms with van der Waals surface area (Å²) in [5.74, 6) is -0.422. The van der Waals surface area contributed by atoms with Gasteiger partial charge in [-0.15, -0.1) is 0 Å². The van der Waals surface area contributed by atoms with Crippen LogP contribution in [0.3, 0.4) is 0 Å². The molecule has 1 fully saturated rings. The van der Waals surface area contributed by atoms with Gasteiger partial charge in [-0.25, -0.2) is 0 Å². The van der Waals surface area contributed by atoms with Crippen molar-refractivity contribution in [1.29, 1.82) is 0 Å². The second-order valence-corrected chi connectivity index (χ2v) is 9.33. The summed E-state index contributed by atoms with van der Waals surface area (Å²) in [4.78, 5) is 29.6. The summed E-state index contributed by atoms with van der Waals surface area (Å²) >= 11 is 0. The number of rotatable bonds is 8. The van der Waals surface area contributed by atoms with E-state index in [1.807, 2.05) is 60.4 Å². The lowest BCUT2D eigenvalue weighted by Gasteiger charge is -2.35. The molecule has 4 rings (SSSR count). The molecule has 35 heavy (non-hydrogen) atoms. The third-order valence-corrected chi connectivity index (χ3v) is 7.20. The van der Waals surface area contributed by atoms with Crippen molar-refractivity contribution in [3.63, 3.8) is 0 Å². The summed E-state index contributed by atoms with van der Waals surface area (Å²) in [6.45, 7) is 4.42. The van der Waals surface area contributed by atoms with Gasteiger partial charge in [0.05, 0.1) is 0 Å². The maximum absolute atomic E-state index is 13.5. The van der Waals surface area contributed by atoms with E-state index in [0.29, 0.717) is 19.3 Å². The molecule has 5 nitrogen and oxygen atoms in total. The third kappa shape index (κ3) is 5.22. The first-order valence-electron chi connectivity index (χ1n) is 12.3. The normalized spacial score (nSPS) is 17.1. The van der Waals surface area contributed by atoms with Gasteiger partial charge in [0, 0.05) is 32.6 Å². The molecule has 0 radical (unpaired) electrons. The summed E-state index contributed by atoms with van der Waals surface area (Å²) in [6, 6.07) is 15.1. The molecule has 1 N–H and O–H groups in total. The van der Waals surface area contributed by atoms with E-state index >= 15 is 0 Å². The second-order valence-electron chi connectivity index (χ2n) is 9.33. The zero-order chi connectivity index (χ0) is 25.1. The molecule has 0 saturated carbocycles. The van der Waals surface area contributed by atoms with Crippen LogP contribution in [0, 0.1) is 0 Å². The molecule has 0 unspecified atom stereocenters. The number of carbonyl (C=O) groups is 2. The minimum absolute atomic E-state index is 0.176. The Hall–Kier alpha value is -2.87. The number of nitrogens with zero attached hydrogens (tertiary/aromatic N) is 2. The molecule has 2 aromatic carbocycles. The monoisotopic (exact) mass is 487 g/mol. The fourth-order valence-electron chi connectivity index (χ4n) is 5.45. The minimum Gasteiger partial charge on any atom is -0.346 e. The summed E-state index contributed by atoms with van der Waals surface area (Å²) < 4.78 is 39.0. The number of halogens is 3. The fraction of sp³-hybridized carbons (Fsp3) is 0.481. The molecule has 0 aromatic heterocycles. The molecule has 0 atom stereocenters. The second kappa shape index (κ2) is 10.4. The topological polar surface area (TPSA) is 52.7 Å². The van der Waals surface area contributed by atoms with Gasteiger partial charge in [-0.05, 0) is 41.6 Å². The van der Waals surface area contributed by atoms with E-state index in [0.717, 1.165) is 61.4 Å². The van der Waals surface area contributed by atoms with Crippen LogP contribution >= 0.6 is 0 Å². The summed E-state index contributed by atoms with van der Waals surface area (Å²) in [5, 5.41) is 2.19. The summed E-state index contributed by atoms with van der Waals surface area (Å²) in [6.07, 6.45) is -2.02. The van der Waals surface area contributed by atoms with Crippen LogP contribution in [0.4, 0.5) is 13.2 Å². The number of fused-ring (bicyclic) bond motifs is 3. The largest absolute Gasteiger partial charge is 0.405 e. The van der Waals surface area contributed by atoms with Crippen molar-refractivity contribution >= 4 is 11.8 Å². The lowest BCUT2D eigenvalue weighted by Crippen LogP contribution is -2.49. The molecule has 2 aliphatic rings. The standard InChI is InChI=1S/C27H32F3N3O2/c1-2-24(34)33-17-15-32(16-18-33)14-8-7-13-26(25(35)31-19-27(28,29)30)22-11-5-3-9-20(22)21-10-4-6-12-23(21)26/h3-6,9-12H,2,7-8,13-19H2,1H3,(H,31,35). The molecule has 0 bridgehead atoms. The van der Waals surface area contributed by atoms with E-state index in [-0.39, 0.29) is 5.91 Å². The van der Waals surface area contributed by atoms with Crippen molar-refractivity contribution in [2.75, 3.05) is 39.3 Å². The molecule has 1 heterocycles. The van der Waals surface area contributed by atoms with Crippen LogP contribution in [0.25, 0.3) is 11.1 Å². The van der Waals surface area contributed by atoms with Gasteiger partial charge in [-0.2, -0.15) is 13.2 Å². The smallest absolute Gasteiger partial charge is 0.346 e. The van der Waals surface area contributed by atoms with Crippen molar-refractivity contribution < 1.29 is 22.8 Å². The lowest BCUT2D eigenvalue weighted by atomic mass is 9.73. The Morgan fingerprint density at radius 1 is 0.914 bits per heavy atom. The van der Waals surface area contributed by atoms with Crippen LogP contribution in [0.5, 0.6) is 0 Å². The number of amides is 2. The first-order valence-corrected chi connectivity index (χ1v) is 12.3. The summed E-state index contributed by atoms with van der Waals surface area (Å²) in [7, 11) is 0. The van der Waals surface area contributed by atoms with E-state index in [1.54, 1.807) is 0 Å². The van der Waals surface area contributed by atoms with Crippen LogP contribution < -0.4 is 5.32 Å². The van der Waals surface area contributed by atoms with E-state index in [4.69, 9.17) is 0 Å². The van der Waals surface area contributed by atoms with Crippen LogP contribution in [-0.4, -0.2) is 67.1 Å². The van der Waals surface area contributed by atoms with Gasteiger partial charge in [0.15, 0.2) is 0 Å². The average Bonchev–Trinajstić information content (AvgIpc) is 3.15. The maximum atomic E-state index is 13.5. The highest BCUT2D eigenvalue weighted by Crippen LogP contribution is 2.51. The quantitative estimate of drug-likeness (QED) is 0.563. The number of carbonyl (C=O) groups excluding carboxylic acids is 2. The number of nitrogens with one attached hydrogen (secondary N) is 1. The minimum atomic E-state index is -4.48. The average molecular weight is 488 g/mol. The Morgan fingerprint density at radius 2 is 1.49 bits per heavy atom. The molecule has 1 aliphatic carbocycles. The zero-order valence-corrected chi connectivity index (χ0v) is 20.0. The fourth-order valence-corrected chi connectivity index (χ4v) is 5.45. The predicted molar refractivity (Wildman–Crippen MR) is 129 cm³/mol. The third-order valence-electron chi connectivity index (χ3n) is 7.20. The highest BCUT2D eigenvalue weighted by Gasteiger charge is 2.49. The maximum Gasteiger partial charge on any atom is 0.405 e. The van der Waals surface area contributed by atoms with E-state index in [9.17, 15) is 22.8 Å². The van der Waals surface area contributed by atoms with Gasteiger partial charge in [-0.1, -0.05) is 61.9 Å². The van der Waals surface area contributed by atoms with Gasteiger partial charge < -0.3 is 10.2 Å². The Labute approximate surface area is 204 Å². The Kier molecular flexibility index (Phi) is 7.50. The molecule has 1 aliphatic heterocycles. The van der Waals surface area contributed by atoms with Crippen molar-refractivity contribution in [3.8, 4) is 11.1 Å². The molecule has 0 spiro atoms. The molecule has 2 amide bonds. The number of hydrogen-bond acceptors (Lipinski definition) is 3. The summed E-state index contributed by atoms with van der Waals surface area (Å²) in [5.41, 5.74) is 2.20. The highest BCUT2D eigenvalue weighted by atomic mass is 19.4. The molecular formula is C27H32F3N3O2. The van der Waals surface area contributed by atoms with Crippen LogP contribution in [-0.2, 0) is 15.0 Å². The molecule has 188 valence electrons. The molecule has 8 heteroatoms. The predicted octanol–water partition coefficient (Wildman–Crippen LogP) is 4.36. The van der Waals surface area contributed by atoms with Gasteiger partial charge in [0.1, 0.15) is 12.0 Å². The zero-order valence-electron chi connectivity index (χ0n) is 20.0. The number of alkyl halides is 3. The number of hydrogen-bond donors (Lipinski definition) is 1. The number of piperazine rings is 1. The van der Waals surface area contributed by atoms with Crippen LogP contribution in [0.15, 0.2) is 48.5 Å². The van der Waals surface area contributed by atoms with E-state index in [1.165, 1.54) is 0 Å².